The van der Waals surface area contributed by atoms with Gasteiger partial charge < -0.3 is 15.0 Å². The summed E-state index contributed by atoms with van der Waals surface area (Å²) in [5.41, 5.74) is 3.29. The number of nitrogens with one attached hydrogen (secondary N) is 1. The standard InChI is InChI=1S/C20H25N3O2/c1-16-3-7-18(8-4-16)21-20(24)23-13-11-22(12-14-23)15-17-5-9-19(25-2)10-6-17/h3-10H,11-15H2,1-2H3,(H,21,24). The Morgan fingerprint density at radius 1 is 1.00 bits per heavy atom. The Balaban J connectivity index is 1.47. The number of methoxy groups -OCH3 is 1. The summed E-state index contributed by atoms with van der Waals surface area (Å²) in [4.78, 5) is 16.6. The molecule has 5 heteroatoms. The molecule has 0 radical (unpaired) electrons. The second-order valence-corrected chi connectivity index (χ2v) is 6.41. The number of rotatable bonds is 4. The minimum atomic E-state index is -0.0204. The maximum absolute atomic E-state index is 12.4. The number of hydrogen-bond acceptors (Lipinski definition) is 3. The third kappa shape index (κ3) is 4.73. The molecule has 1 heterocycles. The lowest BCUT2D eigenvalue weighted by atomic mass is 10.2. The van der Waals surface area contributed by atoms with Gasteiger partial charge in [0.2, 0.25) is 0 Å². The summed E-state index contributed by atoms with van der Waals surface area (Å²) < 4.78 is 5.19. The molecule has 0 spiro atoms. The highest BCUT2D eigenvalue weighted by Crippen LogP contribution is 2.15. The number of benzene rings is 2. The Bertz CT molecular complexity index is 690. The van der Waals surface area contributed by atoms with Gasteiger partial charge in [-0.15, -0.1) is 0 Å². The van der Waals surface area contributed by atoms with Crippen molar-refractivity contribution in [3.63, 3.8) is 0 Å². The lowest BCUT2D eigenvalue weighted by Crippen LogP contribution is -2.49. The van der Waals surface area contributed by atoms with E-state index < -0.39 is 0 Å². The fraction of sp³-hybridized carbons (Fsp3) is 0.350. The van der Waals surface area contributed by atoms with E-state index in [-0.39, 0.29) is 6.03 Å². The average Bonchev–Trinajstić information content (AvgIpc) is 2.65. The predicted octanol–water partition coefficient (Wildman–Crippen LogP) is 3.35. The largest absolute Gasteiger partial charge is 0.497 e. The van der Waals surface area contributed by atoms with Crippen LogP contribution in [-0.4, -0.2) is 49.1 Å². The first-order valence-corrected chi connectivity index (χ1v) is 8.62. The molecule has 1 aliphatic heterocycles. The molecule has 0 saturated carbocycles. The van der Waals surface area contributed by atoms with Gasteiger partial charge in [-0.05, 0) is 36.8 Å². The number of amides is 2. The van der Waals surface area contributed by atoms with Crippen LogP contribution in [0.4, 0.5) is 10.5 Å². The Kier molecular flexibility index (Phi) is 5.56. The SMILES string of the molecule is COc1ccc(CN2CCN(C(=O)Nc3ccc(C)cc3)CC2)cc1. The van der Waals surface area contributed by atoms with E-state index in [0.29, 0.717) is 0 Å². The van der Waals surface area contributed by atoms with Gasteiger partial charge in [0.15, 0.2) is 0 Å². The van der Waals surface area contributed by atoms with Crippen LogP contribution in [0.15, 0.2) is 48.5 Å². The Morgan fingerprint density at radius 3 is 2.24 bits per heavy atom. The lowest BCUT2D eigenvalue weighted by Gasteiger charge is -2.34. The Hall–Kier alpha value is -2.53. The third-order valence-corrected chi connectivity index (χ3v) is 4.53. The molecule has 0 unspecified atom stereocenters. The van der Waals surface area contributed by atoms with Crippen LogP contribution in [0, 0.1) is 6.92 Å². The van der Waals surface area contributed by atoms with Crippen LogP contribution in [0.25, 0.3) is 0 Å². The minimum absolute atomic E-state index is 0.0204. The first kappa shape index (κ1) is 17.3. The van der Waals surface area contributed by atoms with Crippen molar-refractivity contribution in [3.8, 4) is 5.75 Å². The van der Waals surface area contributed by atoms with Gasteiger partial charge in [-0.2, -0.15) is 0 Å². The first-order valence-electron chi connectivity index (χ1n) is 8.62. The minimum Gasteiger partial charge on any atom is -0.497 e. The third-order valence-electron chi connectivity index (χ3n) is 4.53. The highest BCUT2D eigenvalue weighted by atomic mass is 16.5. The summed E-state index contributed by atoms with van der Waals surface area (Å²) in [6.45, 7) is 6.19. The van der Waals surface area contributed by atoms with Crippen molar-refractivity contribution in [1.82, 2.24) is 9.80 Å². The molecule has 1 saturated heterocycles. The molecule has 1 fully saturated rings. The fourth-order valence-electron chi connectivity index (χ4n) is 2.94. The number of carbonyl (C=O) groups excluding carboxylic acids is 1. The summed E-state index contributed by atoms with van der Waals surface area (Å²) >= 11 is 0. The molecular weight excluding hydrogens is 314 g/mol. The average molecular weight is 339 g/mol. The summed E-state index contributed by atoms with van der Waals surface area (Å²) in [5.74, 6) is 0.876. The molecule has 132 valence electrons. The van der Waals surface area contributed by atoms with Crippen LogP contribution in [0.2, 0.25) is 0 Å². The van der Waals surface area contributed by atoms with Gasteiger partial charge in [-0.3, -0.25) is 4.90 Å². The van der Waals surface area contributed by atoms with E-state index in [1.807, 2.05) is 48.2 Å². The maximum atomic E-state index is 12.4. The normalized spacial score (nSPS) is 15.0. The van der Waals surface area contributed by atoms with E-state index in [4.69, 9.17) is 4.74 Å². The van der Waals surface area contributed by atoms with E-state index in [1.54, 1.807) is 7.11 Å². The highest BCUT2D eigenvalue weighted by Gasteiger charge is 2.21. The maximum Gasteiger partial charge on any atom is 0.321 e. The van der Waals surface area contributed by atoms with E-state index in [9.17, 15) is 4.79 Å². The molecule has 0 bridgehead atoms. The lowest BCUT2D eigenvalue weighted by molar-refractivity contribution is 0.143. The van der Waals surface area contributed by atoms with Crippen molar-refractivity contribution in [2.45, 2.75) is 13.5 Å². The summed E-state index contributed by atoms with van der Waals surface area (Å²) in [6.07, 6.45) is 0. The number of carbonyl (C=O) groups is 1. The topological polar surface area (TPSA) is 44.8 Å². The molecular formula is C20H25N3O2. The molecule has 1 aliphatic rings. The van der Waals surface area contributed by atoms with Crippen LogP contribution in [-0.2, 0) is 6.54 Å². The number of hydrogen-bond donors (Lipinski definition) is 1. The van der Waals surface area contributed by atoms with E-state index in [1.165, 1.54) is 11.1 Å². The molecule has 0 aliphatic carbocycles. The zero-order valence-electron chi connectivity index (χ0n) is 14.9. The quantitative estimate of drug-likeness (QED) is 0.929. The molecule has 0 aromatic heterocycles. The van der Waals surface area contributed by atoms with Gasteiger partial charge >= 0.3 is 6.03 Å². The number of aryl methyl sites for hydroxylation is 1. The van der Waals surface area contributed by atoms with Crippen LogP contribution in [0.5, 0.6) is 5.75 Å². The monoisotopic (exact) mass is 339 g/mol. The molecule has 2 aromatic carbocycles. The van der Waals surface area contributed by atoms with E-state index >= 15 is 0 Å². The van der Waals surface area contributed by atoms with E-state index in [0.717, 1.165) is 44.2 Å². The van der Waals surface area contributed by atoms with Crippen molar-refractivity contribution in [2.75, 3.05) is 38.6 Å². The number of piperazine rings is 1. The predicted molar refractivity (Wildman–Crippen MR) is 100 cm³/mol. The van der Waals surface area contributed by atoms with Crippen LogP contribution >= 0.6 is 0 Å². The zero-order valence-corrected chi connectivity index (χ0v) is 14.9. The smallest absolute Gasteiger partial charge is 0.321 e. The number of ether oxygens (including phenoxy) is 1. The zero-order chi connectivity index (χ0) is 17.6. The van der Waals surface area contributed by atoms with Gasteiger partial charge in [0.05, 0.1) is 7.11 Å². The second-order valence-electron chi connectivity index (χ2n) is 6.41. The molecule has 2 amide bonds. The van der Waals surface area contributed by atoms with Crippen molar-refractivity contribution < 1.29 is 9.53 Å². The second kappa shape index (κ2) is 8.03. The summed E-state index contributed by atoms with van der Waals surface area (Å²) in [7, 11) is 1.68. The van der Waals surface area contributed by atoms with Gasteiger partial charge in [0.1, 0.15) is 5.75 Å². The van der Waals surface area contributed by atoms with Crippen molar-refractivity contribution in [2.24, 2.45) is 0 Å². The van der Waals surface area contributed by atoms with Crippen molar-refractivity contribution >= 4 is 11.7 Å². The Labute approximate surface area is 149 Å². The highest BCUT2D eigenvalue weighted by molar-refractivity contribution is 5.89. The molecule has 2 aromatic rings. The first-order chi connectivity index (χ1) is 12.1. The van der Waals surface area contributed by atoms with Crippen LogP contribution in [0.1, 0.15) is 11.1 Å². The molecule has 25 heavy (non-hydrogen) atoms. The molecule has 5 nitrogen and oxygen atoms in total. The summed E-state index contributed by atoms with van der Waals surface area (Å²) in [5, 5.41) is 2.97. The summed E-state index contributed by atoms with van der Waals surface area (Å²) in [6, 6.07) is 16.0. The van der Waals surface area contributed by atoms with Crippen molar-refractivity contribution in [1.29, 1.82) is 0 Å². The van der Waals surface area contributed by atoms with Gasteiger partial charge in [-0.1, -0.05) is 29.8 Å². The molecule has 3 rings (SSSR count). The van der Waals surface area contributed by atoms with E-state index in [2.05, 4.69) is 22.3 Å². The van der Waals surface area contributed by atoms with Crippen LogP contribution in [0.3, 0.4) is 0 Å². The van der Waals surface area contributed by atoms with Crippen LogP contribution < -0.4 is 10.1 Å². The van der Waals surface area contributed by atoms with Gasteiger partial charge in [0.25, 0.3) is 0 Å². The van der Waals surface area contributed by atoms with Gasteiger partial charge in [-0.25, -0.2) is 4.79 Å². The molecule has 1 N–H and O–H groups in total. The number of urea groups is 1. The Morgan fingerprint density at radius 2 is 1.64 bits per heavy atom. The number of anilines is 1. The molecule has 0 atom stereocenters. The van der Waals surface area contributed by atoms with Crippen molar-refractivity contribution in [3.05, 3.63) is 59.7 Å². The van der Waals surface area contributed by atoms with Gasteiger partial charge in [0, 0.05) is 38.4 Å². The fourth-order valence-corrected chi connectivity index (χ4v) is 2.94. The number of nitrogens with zero attached hydrogens (tertiary/aromatic N) is 2.